The van der Waals surface area contributed by atoms with Crippen LogP contribution in [0, 0.1) is 0 Å². The summed E-state index contributed by atoms with van der Waals surface area (Å²) in [6.07, 6.45) is 11.6. The van der Waals surface area contributed by atoms with E-state index in [0.29, 0.717) is 12.2 Å². The van der Waals surface area contributed by atoms with Crippen molar-refractivity contribution in [3.63, 3.8) is 0 Å². The number of H-pyrrole nitrogens is 1. The van der Waals surface area contributed by atoms with E-state index >= 15 is 0 Å². The van der Waals surface area contributed by atoms with Crippen LogP contribution in [-0.2, 0) is 17.6 Å². The maximum absolute atomic E-state index is 13.1. The molecule has 1 aromatic heterocycles. The molecule has 0 aromatic carbocycles. The number of aromatic amines is 1. The lowest BCUT2D eigenvalue weighted by Gasteiger charge is -2.28. The largest absolute Gasteiger partial charge is 0.352 e. The molecule has 1 saturated heterocycles. The average Bonchev–Trinajstić information content (AvgIpc) is 3.29. The standard InChI is InChI=1S/C19H28N4O2/c24-18(20-13-7-2-1-3-8-13)16-11-6-12-23(16)19(25)17-14-9-4-5-10-15(14)21-22-17/h13,16H,1-12H2,(H,20,24)(H,21,22). The SMILES string of the molecule is O=C(NC1CCCCC1)C1CCCN1C(=O)c1n[nH]c2c1CCCC2. The maximum atomic E-state index is 13.1. The van der Waals surface area contributed by atoms with Crippen molar-refractivity contribution in [2.45, 2.75) is 82.7 Å². The first-order chi connectivity index (χ1) is 12.2. The normalized spacial score (nSPS) is 24.2. The highest BCUT2D eigenvalue weighted by Gasteiger charge is 2.37. The van der Waals surface area contributed by atoms with Gasteiger partial charge >= 0.3 is 0 Å². The highest BCUT2D eigenvalue weighted by Crippen LogP contribution is 2.26. The number of fused-ring (bicyclic) bond motifs is 1. The first-order valence-corrected chi connectivity index (χ1v) is 9.91. The van der Waals surface area contributed by atoms with E-state index in [1.807, 2.05) is 0 Å². The van der Waals surface area contributed by atoms with Crippen LogP contribution < -0.4 is 5.32 Å². The first kappa shape index (κ1) is 16.6. The van der Waals surface area contributed by atoms with Crippen LogP contribution in [0.25, 0.3) is 0 Å². The summed E-state index contributed by atoms with van der Waals surface area (Å²) in [6, 6.07) is -0.0395. The molecule has 136 valence electrons. The summed E-state index contributed by atoms with van der Waals surface area (Å²) in [6.45, 7) is 0.656. The molecular formula is C19H28N4O2. The number of aryl methyl sites for hydroxylation is 1. The monoisotopic (exact) mass is 344 g/mol. The Morgan fingerprint density at radius 1 is 1.00 bits per heavy atom. The van der Waals surface area contributed by atoms with Crippen molar-refractivity contribution in [3.05, 3.63) is 17.0 Å². The Balaban J connectivity index is 1.46. The minimum Gasteiger partial charge on any atom is -0.352 e. The van der Waals surface area contributed by atoms with E-state index in [4.69, 9.17) is 0 Å². The van der Waals surface area contributed by atoms with Crippen LogP contribution in [0.2, 0.25) is 0 Å². The van der Waals surface area contributed by atoms with Crippen LogP contribution in [0.3, 0.4) is 0 Å². The van der Waals surface area contributed by atoms with Gasteiger partial charge in [0.25, 0.3) is 5.91 Å². The topological polar surface area (TPSA) is 78.1 Å². The minimum absolute atomic E-state index is 0.0298. The van der Waals surface area contributed by atoms with E-state index < -0.39 is 0 Å². The fourth-order valence-corrected chi connectivity index (χ4v) is 4.62. The van der Waals surface area contributed by atoms with Gasteiger partial charge in [-0.1, -0.05) is 19.3 Å². The fraction of sp³-hybridized carbons (Fsp3) is 0.737. The van der Waals surface area contributed by atoms with Gasteiger partial charge in [-0.3, -0.25) is 14.7 Å². The third-order valence-electron chi connectivity index (χ3n) is 6.03. The molecule has 6 nitrogen and oxygen atoms in total. The number of nitrogens with zero attached hydrogens (tertiary/aromatic N) is 2. The van der Waals surface area contributed by atoms with Gasteiger partial charge in [0.05, 0.1) is 0 Å². The Morgan fingerprint density at radius 2 is 1.80 bits per heavy atom. The molecule has 1 aromatic rings. The van der Waals surface area contributed by atoms with Crippen molar-refractivity contribution in [2.75, 3.05) is 6.54 Å². The predicted molar refractivity (Wildman–Crippen MR) is 94.3 cm³/mol. The summed E-state index contributed by atoms with van der Waals surface area (Å²) in [4.78, 5) is 27.6. The quantitative estimate of drug-likeness (QED) is 0.883. The van der Waals surface area contributed by atoms with Crippen LogP contribution in [-0.4, -0.2) is 45.5 Å². The minimum atomic E-state index is -0.328. The second-order valence-corrected chi connectivity index (χ2v) is 7.74. The number of hydrogen-bond donors (Lipinski definition) is 2. The molecule has 25 heavy (non-hydrogen) atoms. The van der Waals surface area contributed by atoms with E-state index in [2.05, 4.69) is 15.5 Å². The van der Waals surface area contributed by atoms with Crippen molar-refractivity contribution in [3.8, 4) is 0 Å². The smallest absolute Gasteiger partial charge is 0.275 e. The number of nitrogens with one attached hydrogen (secondary N) is 2. The third kappa shape index (κ3) is 3.31. The molecule has 1 aliphatic heterocycles. The van der Waals surface area contributed by atoms with E-state index in [1.54, 1.807) is 4.90 Å². The maximum Gasteiger partial charge on any atom is 0.275 e. The van der Waals surface area contributed by atoms with Crippen LogP contribution in [0.4, 0.5) is 0 Å². The van der Waals surface area contributed by atoms with Crippen LogP contribution in [0.5, 0.6) is 0 Å². The predicted octanol–water partition coefficient (Wildman–Crippen LogP) is 2.34. The highest BCUT2D eigenvalue weighted by molar-refractivity contribution is 5.97. The lowest BCUT2D eigenvalue weighted by molar-refractivity contribution is -0.125. The second-order valence-electron chi connectivity index (χ2n) is 7.74. The summed E-state index contributed by atoms with van der Waals surface area (Å²) in [7, 11) is 0. The van der Waals surface area contributed by atoms with Gasteiger partial charge in [-0.15, -0.1) is 0 Å². The lowest BCUT2D eigenvalue weighted by Crippen LogP contribution is -2.49. The van der Waals surface area contributed by atoms with E-state index in [0.717, 1.165) is 62.6 Å². The van der Waals surface area contributed by atoms with Crippen molar-refractivity contribution in [1.82, 2.24) is 20.4 Å². The molecular weight excluding hydrogens is 316 g/mol. The molecule has 2 heterocycles. The molecule has 1 unspecified atom stereocenters. The molecule has 0 bridgehead atoms. The molecule has 4 rings (SSSR count). The second kappa shape index (κ2) is 7.18. The Hall–Kier alpha value is -1.85. The molecule has 2 fully saturated rings. The van der Waals surface area contributed by atoms with Gasteiger partial charge in [-0.05, 0) is 51.4 Å². The fourth-order valence-electron chi connectivity index (χ4n) is 4.62. The van der Waals surface area contributed by atoms with Gasteiger partial charge in [0.2, 0.25) is 5.91 Å². The summed E-state index contributed by atoms with van der Waals surface area (Å²) in [5.41, 5.74) is 2.73. The Morgan fingerprint density at radius 3 is 2.64 bits per heavy atom. The lowest BCUT2D eigenvalue weighted by atomic mass is 9.95. The highest BCUT2D eigenvalue weighted by atomic mass is 16.2. The van der Waals surface area contributed by atoms with Crippen molar-refractivity contribution in [2.24, 2.45) is 0 Å². The third-order valence-corrected chi connectivity index (χ3v) is 6.03. The van der Waals surface area contributed by atoms with Gasteiger partial charge in [0, 0.05) is 23.8 Å². The van der Waals surface area contributed by atoms with Crippen LogP contribution in [0.1, 0.15) is 79.5 Å². The Kier molecular flexibility index (Phi) is 4.77. The molecule has 2 aliphatic carbocycles. The number of rotatable bonds is 3. The first-order valence-electron chi connectivity index (χ1n) is 9.91. The number of likely N-dealkylation sites (tertiary alicyclic amines) is 1. The van der Waals surface area contributed by atoms with Gasteiger partial charge in [-0.25, -0.2) is 0 Å². The Bertz CT molecular complexity index is 648. The summed E-state index contributed by atoms with van der Waals surface area (Å²) >= 11 is 0. The molecule has 6 heteroatoms. The van der Waals surface area contributed by atoms with Gasteiger partial charge in [0.15, 0.2) is 5.69 Å². The molecule has 0 spiro atoms. The number of carbonyl (C=O) groups is 2. The van der Waals surface area contributed by atoms with Crippen molar-refractivity contribution >= 4 is 11.8 Å². The molecule has 3 aliphatic rings. The van der Waals surface area contributed by atoms with Crippen LogP contribution in [0.15, 0.2) is 0 Å². The van der Waals surface area contributed by atoms with Crippen molar-refractivity contribution in [1.29, 1.82) is 0 Å². The number of amides is 2. The van der Waals surface area contributed by atoms with Crippen LogP contribution >= 0.6 is 0 Å². The average molecular weight is 344 g/mol. The zero-order valence-corrected chi connectivity index (χ0v) is 14.9. The van der Waals surface area contributed by atoms with E-state index in [1.165, 1.54) is 19.3 Å². The van der Waals surface area contributed by atoms with Gasteiger partial charge in [0.1, 0.15) is 6.04 Å². The zero-order valence-electron chi connectivity index (χ0n) is 14.9. The van der Waals surface area contributed by atoms with Crippen molar-refractivity contribution < 1.29 is 9.59 Å². The molecule has 1 saturated carbocycles. The van der Waals surface area contributed by atoms with Gasteiger partial charge in [-0.2, -0.15) is 5.10 Å². The molecule has 0 radical (unpaired) electrons. The van der Waals surface area contributed by atoms with E-state index in [9.17, 15) is 9.59 Å². The molecule has 1 atom stereocenters. The molecule has 2 N–H and O–H groups in total. The summed E-state index contributed by atoms with van der Waals surface area (Å²) in [5, 5.41) is 10.5. The number of carbonyl (C=O) groups excluding carboxylic acids is 2. The summed E-state index contributed by atoms with van der Waals surface area (Å²) in [5.74, 6) is -0.0390. The Labute approximate surface area is 148 Å². The van der Waals surface area contributed by atoms with Gasteiger partial charge < -0.3 is 10.2 Å². The number of aromatic nitrogens is 2. The summed E-state index contributed by atoms with van der Waals surface area (Å²) < 4.78 is 0. The zero-order chi connectivity index (χ0) is 17.2. The van der Waals surface area contributed by atoms with E-state index in [-0.39, 0.29) is 23.9 Å². The number of hydrogen-bond acceptors (Lipinski definition) is 3. The molecule has 2 amide bonds.